The monoisotopic (exact) mass is 366 g/mol. The summed E-state index contributed by atoms with van der Waals surface area (Å²) in [4.78, 5) is 12.7. The van der Waals surface area contributed by atoms with Crippen LogP contribution in [0.1, 0.15) is 37.3 Å². The molecule has 0 radical (unpaired) electrons. The van der Waals surface area contributed by atoms with Crippen molar-refractivity contribution in [2.75, 3.05) is 5.32 Å². The van der Waals surface area contributed by atoms with Gasteiger partial charge in [0.2, 0.25) is 0 Å². The highest BCUT2D eigenvalue weighted by molar-refractivity contribution is 6.00. The first-order chi connectivity index (χ1) is 13.1. The van der Waals surface area contributed by atoms with E-state index in [4.69, 9.17) is 4.74 Å². The normalized spacial score (nSPS) is 19.8. The molecular formula is C20H19FN4O2. The zero-order chi connectivity index (χ0) is 18.4. The van der Waals surface area contributed by atoms with Gasteiger partial charge in [-0.3, -0.25) is 5.10 Å². The Bertz CT molecular complexity index is 1030. The van der Waals surface area contributed by atoms with E-state index in [0.717, 1.165) is 30.2 Å². The number of benzene rings is 2. The third-order valence-corrected chi connectivity index (χ3v) is 5.55. The van der Waals surface area contributed by atoms with Crippen molar-refractivity contribution in [3.05, 3.63) is 54.0 Å². The molecule has 138 valence electrons. The molecule has 1 spiro atoms. The first-order valence-electron chi connectivity index (χ1n) is 9.10. The maximum atomic E-state index is 13.8. The molecule has 1 aliphatic heterocycles. The largest absolute Gasteiger partial charge is 0.487 e. The van der Waals surface area contributed by atoms with Crippen LogP contribution < -0.4 is 15.4 Å². The van der Waals surface area contributed by atoms with E-state index in [0.29, 0.717) is 23.4 Å². The molecule has 6 nitrogen and oxygen atoms in total. The molecule has 5 rings (SSSR count). The number of rotatable bonds is 2. The summed E-state index contributed by atoms with van der Waals surface area (Å²) in [7, 11) is 0. The molecule has 3 N–H and O–H groups in total. The lowest BCUT2D eigenvalue weighted by molar-refractivity contribution is -0.0355. The van der Waals surface area contributed by atoms with Crippen molar-refractivity contribution < 1.29 is 13.9 Å². The fourth-order valence-electron chi connectivity index (χ4n) is 4.04. The number of amides is 2. The van der Waals surface area contributed by atoms with Gasteiger partial charge in [-0.2, -0.15) is 5.10 Å². The molecule has 1 aliphatic carbocycles. The lowest BCUT2D eigenvalue weighted by atomic mass is 9.73. The van der Waals surface area contributed by atoms with Crippen molar-refractivity contribution >= 4 is 22.6 Å². The van der Waals surface area contributed by atoms with Gasteiger partial charge in [0.15, 0.2) is 0 Å². The number of ether oxygens (including phenoxy) is 1. The van der Waals surface area contributed by atoms with Gasteiger partial charge in [-0.15, -0.1) is 0 Å². The smallest absolute Gasteiger partial charge is 0.319 e. The quantitative estimate of drug-likeness (QED) is 0.634. The average molecular weight is 366 g/mol. The Balaban J connectivity index is 1.40. The van der Waals surface area contributed by atoms with E-state index < -0.39 is 0 Å². The van der Waals surface area contributed by atoms with E-state index in [-0.39, 0.29) is 23.5 Å². The Kier molecular flexibility index (Phi) is 3.56. The van der Waals surface area contributed by atoms with E-state index in [1.165, 1.54) is 12.1 Å². The second-order valence-corrected chi connectivity index (χ2v) is 7.31. The van der Waals surface area contributed by atoms with E-state index in [1.807, 2.05) is 18.2 Å². The molecule has 3 aromatic rings. The van der Waals surface area contributed by atoms with Crippen molar-refractivity contribution in [2.24, 2.45) is 0 Å². The van der Waals surface area contributed by atoms with Gasteiger partial charge in [-0.05, 0) is 49.6 Å². The first-order valence-corrected chi connectivity index (χ1v) is 9.10. The lowest BCUT2D eigenvalue weighted by Gasteiger charge is -2.48. The zero-order valence-electron chi connectivity index (χ0n) is 14.6. The topological polar surface area (TPSA) is 79.0 Å². The van der Waals surface area contributed by atoms with Crippen LogP contribution in [0.15, 0.2) is 42.6 Å². The minimum absolute atomic E-state index is 0.243. The third-order valence-electron chi connectivity index (χ3n) is 5.55. The molecule has 1 atom stereocenters. The second kappa shape index (κ2) is 5.97. The van der Waals surface area contributed by atoms with E-state index >= 15 is 0 Å². The number of halogens is 1. The number of nitrogens with one attached hydrogen (secondary N) is 3. The van der Waals surface area contributed by atoms with Crippen LogP contribution in [-0.4, -0.2) is 21.8 Å². The third kappa shape index (κ3) is 2.79. The minimum atomic E-state index is -0.336. The Labute approximate surface area is 155 Å². The summed E-state index contributed by atoms with van der Waals surface area (Å²) in [5.74, 6) is 0.321. The summed E-state index contributed by atoms with van der Waals surface area (Å²) in [6.45, 7) is 0. The SMILES string of the molecule is O=C(Nc1cccc2[nH]ncc12)NC1CC2(CCC2)Oc2ccc(F)cc21. The fraction of sp³-hybridized carbons (Fsp3) is 0.300. The fourth-order valence-corrected chi connectivity index (χ4v) is 4.04. The number of nitrogens with zero attached hydrogens (tertiary/aromatic N) is 1. The van der Waals surface area contributed by atoms with Crippen molar-refractivity contribution in [1.29, 1.82) is 0 Å². The number of H-pyrrole nitrogens is 1. The summed E-state index contributed by atoms with van der Waals surface area (Å²) in [6.07, 6.45) is 5.34. The summed E-state index contributed by atoms with van der Waals surface area (Å²) < 4.78 is 19.9. The summed E-state index contributed by atoms with van der Waals surface area (Å²) in [5, 5.41) is 13.6. The number of fused-ring (bicyclic) bond motifs is 2. The maximum Gasteiger partial charge on any atom is 0.319 e. The average Bonchev–Trinajstić information content (AvgIpc) is 3.10. The molecule has 2 amide bonds. The summed E-state index contributed by atoms with van der Waals surface area (Å²) in [6, 6.07) is 9.43. The predicted octanol–water partition coefficient (Wildman–Crippen LogP) is 4.27. The van der Waals surface area contributed by atoms with E-state index in [9.17, 15) is 9.18 Å². The Morgan fingerprint density at radius 2 is 2.19 bits per heavy atom. The lowest BCUT2D eigenvalue weighted by Crippen LogP contribution is -2.50. The van der Waals surface area contributed by atoms with Gasteiger partial charge in [-0.25, -0.2) is 9.18 Å². The van der Waals surface area contributed by atoms with Crippen LogP contribution in [0.4, 0.5) is 14.9 Å². The van der Waals surface area contributed by atoms with Crippen LogP contribution in [0.5, 0.6) is 5.75 Å². The number of hydrogen-bond donors (Lipinski definition) is 3. The number of carbonyl (C=O) groups excluding carboxylic acids is 1. The van der Waals surface area contributed by atoms with E-state index in [1.54, 1.807) is 12.3 Å². The van der Waals surface area contributed by atoms with Gasteiger partial charge in [0, 0.05) is 17.4 Å². The summed E-state index contributed by atoms with van der Waals surface area (Å²) in [5.41, 5.74) is 1.96. The Morgan fingerprint density at radius 1 is 1.30 bits per heavy atom. The predicted molar refractivity (Wildman–Crippen MR) is 99.2 cm³/mol. The number of aromatic nitrogens is 2. The molecule has 2 aromatic carbocycles. The maximum absolute atomic E-state index is 13.8. The molecule has 7 heteroatoms. The van der Waals surface area contributed by atoms with Gasteiger partial charge in [0.05, 0.1) is 23.4 Å². The van der Waals surface area contributed by atoms with E-state index in [2.05, 4.69) is 20.8 Å². The molecule has 0 bridgehead atoms. The minimum Gasteiger partial charge on any atom is -0.487 e. The number of urea groups is 1. The Morgan fingerprint density at radius 3 is 3.00 bits per heavy atom. The zero-order valence-corrected chi connectivity index (χ0v) is 14.6. The van der Waals surface area contributed by atoms with Crippen LogP contribution in [0.2, 0.25) is 0 Å². The molecule has 1 unspecified atom stereocenters. The molecule has 2 aliphatic rings. The molecule has 1 aromatic heterocycles. The highest BCUT2D eigenvalue weighted by atomic mass is 19.1. The van der Waals surface area contributed by atoms with Crippen LogP contribution >= 0.6 is 0 Å². The van der Waals surface area contributed by atoms with Crippen molar-refractivity contribution in [3.63, 3.8) is 0 Å². The van der Waals surface area contributed by atoms with Crippen molar-refractivity contribution in [1.82, 2.24) is 15.5 Å². The standard InChI is InChI=1S/C20H19FN4O2/c21-12-5-6-18-13(9-12)17(10-20(27-18)7-2-8-20)24-19(26)23-15-3-1-4-16-14(15)11-22-25-16/h1,3-6,9,11,17H,2,7-8,10H2,(H,22,25)(H2,23,24,26). The van der Waals surface area contributed by atoms with Gasteiger partial charge in [0.1, 0.15) is 17.2 Å². The van der Waals surface area contributed by atoms with Crippen LogP contribution in [0, 0.1) is 5.82 Å². The van der Waals surface area contributed by atoms with Crippen molar-refractivity contribution in [3.8, 4) is 5.75 Å². The van der Waals surface area contributed by atoms with Gasteiger partial charge in [-0.1, -0.05) is 6.07 Å². The molecule has 2 heterocycles. The van der Waals surface area contributed by atoms with Crippen LogP contribution in [-0.2, 0) is 0 Å². The number of anilines is 1. The number of carbonyl (C=O) groups is 1. The second-order valence-electron chi connectivity index (χ2n) is 7.31. The number of hydrogen-bond acceptors (Lipinski definition) is 3. The highest BCUT2D eigenvalue weighted by Crippen LogP contribution is 2.48. The van der Waals surface area contributed by atoms with Gasteiger partial charge in [0.25, 0.3) is 0 Å². The van der Waals surface area contributed by atoms with Crippen LogP contribution in [0.3, 0.4) is 0 Å². The van der Waals surface area contributed by atoms with Gasteiger partial charge >= 0.3 is 6.03 Å². The molecule has 1 fully saturated rings. The molecule has 0 saturated heterocycles. The van der Waals surface area contributed by atoms with Crippen molar-refractivity contribution in [2.45, 2.75) is 37.3 Å². The molecule has 27 heavy (non-hydrogen) atoms. The summed E-state index contributed by atoms with van der Waals surface area (Å²) >= 11 is 0. The number of aromatic amines is 1. The van der Waals surface area contributed by atoms with Gasteiger partial charge < -0.3 is 15.4 Å². The Hall–Kier alpha value is -3.09. The molecular weight excluding hydrogens is 347 g/mol. The highest BCUT2D eigenvalue weighted by Gasteiger charge is 2.46. The molecule has 1 saturated carbocycles. The first kappa shape index (κ1) is 16.1. The van der Waals surface area contributed by atoms with Crippen LogP contribution in [0.25, 0.3) is 10.9 Å².